The lowest BCUT2D eigenvalue weighted by molar-refractivity contribution is 0.160. The molecule has 7 nitrogen and oxygen atoms in total. The van der Waals surface area contributed by atoms with E-state index in [1.807, 2.05) is 37.3 Å². The molecule has 0 unspecified atom stereocenters. The van der Waals surface area contributed by atoms with Gasteiger partial charge in [-0.05, 0) is 47.2 Å². The van der Waals surface area contributed by atoms with Crippen LogP contribution in [0.4, 0.5) is 5.95 Å². The molecule has 7 heteroatoms. The Balaban J connectivity index is 1.77. The fraction of sp³-hybridized carbons (Fsp3) is 0.188. The Bertz CT molecular complexity index is 758. The summed E-state index contributed by atoms with van der Waals surface area (Å²) < 4.78 is 1.57. The lowest BCUT2D eigenvalue weighted by Crippen LogP contribution is -2.25. The summed E-state index contributed by atoms with van der Waals surface area (Å²) in [5.41, 5.74) is 1.52. The van der Waals surface area contributed by atoms with Crippen LogP contribution >= 0.6 is 0 Å². The van der Waals surface area contributed by atoms with E-state index in [0.717, 1.165) is 5.69 Å². The summed E-state index contributed by atoms with van der Waals surface area (Å²) in [5.74, 6) is 0.608. The summed E-state index contributed by atoms with van der Waals surface area (Å²) in [5, 5.41) is 34.5. The van der Waals surface area contributed by atoms with Gasteiger partial charge in [0.2, 0.25) is 5.95 Å². The number of tetrazole rings is 1. The predicted octanol–water partition coefficient (Wildman–Crippen LogP) is 1.90. The average Bonchev–Trinajstić information content (AvgIpc) is 3.04. The number of aromatic hydroxyl groups is 1. The molecule has 0 amide bonds. The zero-order valence-corrected chi connectivity index (χ0v) is 12.5. The van der Waals surface area contributed by atoms with Gasteiger partial charge in [-0.3, -0.25) is 0 Å². The summed E-state index contributed by atoms with van der Waals surface area (Å²) in [6.07, 6.45) is -0.767. The van der Waals surface area contributed by atoms with Gasteiger partial charge in [0, 0.05) is 0 Å². The molecule has 0 aliphatic carbocycles. The summed E-state index contributed by atoms with van der Waals surface area (Å²) in [6, 6.07) is 15.6. The summed E-state index contributed by atoms with van der Waals surface area (Å²) in [7, 11) is 0. The minimum atomic E-state index is -0.767. The zero-order valence-electron chi connectivity index (χ0n) is 12.5. The molecule has 0 fully saturated rings. The minimum Gasteiger partial charge on any atom is -0.508 e. The first-order chi connectivity index (χ1) is 11.1. The molecule has 1 aromatic heterocycles. The summed E-state index contributed by atoms with van der Waals surface area (Å²) in [6.45, 7) is 1.83. The van der Waals surface area contributed by atoms with Crippen molar-refractivity contribution in [1.29, 1.82) is 0 Å². The van der Waals surface area contributed by atoms with Crippen LogP contribution in [0.1, 0.15) is 18.6 Å². The Kier molecular flexibility index (Phi) is 4.20. The van der Waals surface area contributed by atoms with Crippen LogP contribution < -0.4 is 5.32 Å². The van der Waals surface area contributed by atoms with Crippen LogP contribution in [0.15, 0.2) is 54.6 Å². The van der Waals surface area contributed by atoms with E-state index < -0.39 is 6.10 Å². The third-order valence-electron chi connectivity index (χ3n) is 3.54. The van der Waals surface area contributed by atoms with Crippen LogP contribution in [0.3, 0.4) is 0 Å². The van der Waals surface area contributed by atoms with Crippen molar-refractivity contribution in [2.24, 2.45) is 0 Å². The van der Waals surface area contributed by atoms with Gasteiger partial charge in [0.05, 0.1) is 17.8 Å². The van der Waals surface area contributed by atoms with Crippen LogP contribution in [0.25, 0.3) is 5.69 Å². The number of nitrogens with zero attached hydrogens (tertiary/aromatic N) is 4. The number of phenolic OH excluding ortho intramolecular Hbond substituents is 1. The number of aliphatic hydroxyl groups is 1. The molecule has 2 atom stereocenters. The molecule has 3 N–H and O–H groups in total. The summed E-state index contributed by atoms with van der Waals surface area (Å²) in [4.78, 5) is 0. The van der Waals surface area contributed by atoms with E-state index >= 15 is 0 Å². The Morgan fingerprint density at radius 3 is 2.43 bits per heavy atom. The Morgan fingerprint density at radius 1 is 1.04 bits per heavy atom. The smallest absolute Gasteiger partial charge is 0.248 e. The van der Waals surface area contributed by atoms with Crippen LogP contribution in [0.5, 0.6) is 5.75 Å². The number of nitrogens with one attached hydrogen (secondary N) is 1. The largest absolute Gasteiger partial charge is 0.508 e. The Labute approximate surface area is 133 Å². The van der Waals surface area contributed by atoms with E-state index in [0.29, 0.717) is 11.5 Å². The molecule has 0 radical (unpaired) electrons. The van der Waals surface area contributed by atoms with Gasteiger partial charge in [0.1, 0.15) is 5.75 Å². The number of hydrogen-bond acceptors (Lipinski definition) is 6. The number of benzene rings is 2. The minimum absolute atomic E-state index is 0.162. The van der Waals surface area contributed by atoms with Crippen molar-refractivity contribution in [3.05, 3.63) is 60.2 Å². The average molecular weight is 311 g/mol. The maximum Gasteiger partial charge on any atom is 0.248 e. The van der Waals surface area contributed by atoms with Gasteiger partial charge in [-0.25, -0.2) is 0 Å². The number of anilines is 1. The molecule has 0 saturated carbocycles. The van der Waals surface area contributed by atoms with E-state index in [1.165, 1.54) is 0 Å². The highest BCUT2D eigenvalue weighted by molar-refractivity contribution is 5.39. The molecule has 0 saturated heterocycles. The van der Waals surface area contributed by atoms with Gasteiger partial charge < -0.3 is 15.5 Å². The molecule has 1 heterocycles. The topological polar surface area (TPSA) is 96.1 Å². The van der Waals surface area contributed by atoms with Crippen molar-refractivity contribution in [3.8, 4) is 11.4 Å². The van der Waals surface area contributed by atoms with Gasteiger partial charge >= 0.3 is 0 Å². The number of rotatable bonds is 5. The monoisotopic (exact) mass is 311 g/mol. The highest BCUT2D eigenvalue weighted by atomic mass is 16.3. The van der Waals surface area contributed by atoms with Gasteiger partial charge in [-0.2, -0.15) is 4.68 Å². The van der Waals surface area contributed by atoms with E-state index in [1.54, 1.807) is 28.9 Å². The molecule has 3 aromatic rings. The SMILES string of the molecule is C[C@H](Nc1nnnn1-c1ccccc1)[C@H](O)c1ccc(O)cc1. The molecular weight excluding hydrogens is 294 g/mol. The van der Waals surface area contributed by atoms with E-state index in [-0.39, 0.29) is 11.8 Å². The van der Waals surface area contributed by atoms with Crippen molar-refractivity contribution in [1.82, 2.24) is 20.2 Å². The number of hydrogen-bond donors (Lipinski definition) is 3. The highest BCUT2D eigenvalue weighted by Gasteiger charge is 2.19. The van der Waals surface area contributed by atoms with Crippen molar-refractivity contribution >= 4 is 5.95 Å². The van der Waals surface area contributed by atoms with E-state index in [9.17, 15) is 10.2 Å². The van der Waals surface area contributed by atoms with Crippen LogP contribution in [0.2, 0.25) is 0 Å². The van der Waals surface area contributed by atoms with Gasteiger partial charge in [-0.15, -0.1) is 0 Å². The first-order valence-electron chi connectivity index (χ1n) is 7.22. The molecule has 0 bridgehead atoms. The van der Waals surface area contributed by atoms with Crippen molar-refractivity contribution in [2.45, 2.75) is 19.1 Å². The number of para-hydroxylation sites is 1. The standard InChI is InChI=1S/C16H17N5O2/c1-11(15(23)12-7-9-14(22)10-8-12)17-16-18-19-20-21(16)13-5-3-2-4-6-13/h2-11,15,22-23H,1H3,(H,17,18,20)/t11-,15-/m0/s1. The molecule has 3 rings (SSSR count). The van der Waals surface area contributed by atoms with E-state index in [4.69, 9.17) is 0 Å². The number of aliphatic hydroxyl groups excluding tert-OH is 1. The predicted molar refractivity (Wildman–Crippen MR) is 85.3 cm³/mol. The molecule has 0 aliphatic heterocycles. The quantitative estimate of drug-likeness (QED) is 0.666. The van der Waals surface area contributed by atoms with Gasteiger partial charge in [0.15, 0.2) is 0 Å². The van der Waals surface area contributed by atoms with Crippen LogP contribution in [0, 0.1) is 0 Å². The third-order valence-corrected chi connectivity index (χ3v) is 3.54. The second kappa shape index (κ2) is 6.45. The first kappa shape index (κ1) is 15.0. The van der Waals surface area contributed by atoms with Crippen LogP contribution in [-0.2, 0) is 0 Å². The molecule has 2 aromatic carbocycles. The lowest BCUT2D eigenvalue weighted by atomic mass is 10.0. The second-order valence-electron chi connectivity index (χ2n) is 5.22. The maximum absolute atomic E-state index is 10.4. The van der Waals surface area contributed by atoms with E-state index in [2.05, 4.69) is 20.8 Å². The number of phenols is 1. The summed E-state index contributed by atoms with van der Waals surface area (Å²) >= 11 is 0. The number of aromatic nitrogens is 4. The van der Waals surface area contributed by atoms with Gasteiger partial charge in [0.25, 0.3) is 0 Å². The third kappa shape index (κ3) is 3.29. The van der Waals surface area contributed by atoms with Crippen molar-refractivity contribution in [3.63, 3.8) is 0 Å². The molecule has 118 valence electrons. The maximum atomic E-state index is 10.4. The lowest BCUT2D eigenvalue weighted by Gasteiger charge is -2.20. The second-order valence-corrected chi connectivity index (χ2v) is 5.22. The Hall–Kier alpha value is -2.93. The highest BCUT2D eigenvalue weighted by Crippen LogP contribution is 2.22. The molecule has 0 aliphatic rings. The van der Waals surface area contributed by atoms with Crippen molar-refractivity contribution < 1.29 is 10.2 Å². The van der Waals surface area contributed by atoms with Gasteiger partial charge in [-0.1, -0.05) is 35.4 Å². The Morgan fingerprint density at radius 2 is 1.74 bits per heavy atom. The fourth-order valence-electron chi connectivity index (χ4n) is 2.26. The zero-order chi connectivity index (χ0) is 16.2. The molecular formula is C16H17N5O2. The van der Waals surface area contributed by atoms with Crippen LogP contribution in [-0.4, -0.2) is 36.5 Å². The molecule has 23 heavy (non-hydrogen) atoms. The fourth-order valence-corrected chi connectivity index (χ4v) is 2.26. The first-order valence-corrected chi connectivity index (χ1v) is 7.22. The van der Waals surface area contributed by atoms with Crippen molar-refractivity contribution in [2.75, 3.05) is 5.32 Å². The normalized spacial score (nSPS) is 13.5. The molecule has 0 spiro atoms.